The van der Waals surface area contributed by atoms with E-state index >= 15 is 0 Å². The molecule has 0 aliphatic carbocycles. The molecule has 1 aromatic heterocycles. The molecule has 3 aromatic carbocycles. The molecule has 0 aliphatic heterocycles. The van der Waals surface area contributed by atoms with Crippen LogP contribution in [0, 0.1) is 5.82 Å². The Bertz CT molecular complexity index is 1370. The number of alkyl halides is 3. The van der Waals surface area contributed by atoms with Crippen molar-refractivity contribution in [3.63, 3.8) is 0 Å². The van der Waals surface area contributed by atoms with Gasteiger partial charge in [0.25, 0.3) is 5.91 Å². The molecule has 0 aliphatic rings. The summed E-state index contributed by atoms with van der Waals surface area (Å²) >= 11 is 5.91. The smallest absolute Gasteiger partial charge is 0.325 e. The number of anilines is 1. The molecule has 178 valence electrons. The molecule has 0 radical (unpaired) electrons. The molecular weight excluding hydrogens is 486 g/mol. The molecule has 0 saturated carbocycles. The maximum atomic E-state index is 13.8. The lowest BCUT2D eigenvalue weighted by molar-refractivity contribution is -0.137. The van der Waals surface area contributed by atoms with E-state index in [4.69, 9.17) is 11.6 Å². The molecule has 0 fully saturated rings. The number of nitrogens with one attached hydrogen (secondary N) is 3. The Hall–Kier alpha value is -4.18. The minimum atomic E-state index is -4.50. The van der Waals surface area contributed by atoms with Crippen LogP contribution in [0.1, 0.15) is 15.9 Å². The topological polar surface area (TPSA) is 82.2 Å². The summed E-state index contributed by atoms with van der Waals surface area (Å²) in [5.41, 5.74) is 0.253. The summed E-state index contributed by atoms with van der Waals surface area (Å²) in [6.07, 6.45) is -4.50. The first-order valence-electron chi connectivity index (χ1n) is 10.1. The highest BCUT2D eigenvalue weighted by Crippen LogP contribution is 2.32. The molecule has 1 amide bonds. The van der Waals surface area contributed by atoms with Gasteiger partial charge in [0.1, 0.15) is 5.82 Å². The minimum absolute atomic E-state index is 0.0516. The fraction of sp³-hybridized carbons (Fsp3) is 0.0417. The van der Waals surface area contributed by atoms with Gasteiger partial charge in [-0.2, -0.15) is 23.3 Å². The van der Waals surface area contributed by atoms with Gasteiger partial charge in [0.15, 0.2) is 5.82 Å². The first-order chi connectivity index (χ1) is 16.7. The summed E-state index contributed by atoms with van der Waals surface area (Å²) in [7, 11) is 0. The number of aromatic amines is 1. The van der Waals surface area contributed by atoms with E-state index in [1.807, 2.05) is 0 Å². The third kappa shape index (κ3) is 6.24. The van der Waals surface area contributed by atoms with Gasteiger partial charge >= 0.3 is 6.18 Å². The molecule has 4 rings (SSSR count). The van der Waals surface area contributed by atoms with Crippen LogP contribution < -0.4 is 10.6 Å². The van der Waals surface area contributed by atoms with Crippen LogP contribution in [0.25, 0.3) is 11.3 Å². The van der Waals surface area contributed by atoms with Crippen LogP contribution in [-0.4, -0.2) is 22.1 Å². The lowest BCUT2D eigenvalue weighted by atomic mass is 10.1. The van der Waals surface area contributed by atoms with Crippen LogP contribution in [0.3, 0.4) is 0 Å². The standard InChI is InChI=1S/C24H16ClF4N5O/c25-17-10-18(26)12-19(11-17)30-23(32-22(35)14-5-2-1-3-6-14)31-21-13-20(33-34-21)15-7-4-8-16(9-15)24(27,28)29/h1-13H,(H3,30,31,32,33,34,35). The summed E-state index contributed by atoms with van der Waals surface area (Å²) in [5, 5.41) is 12.1. The molecule has 0 bridgehead atoms. The van der Waals surface area contributed by atoms with Crippen molar-refractivity contribution < 1.29 is 22.4 Å². The second-order valence-electron chi connectivity index (χ2n) is 7.28. The van der Waals surface area contributed by atoms with Crippen molar-refractivity contribution in [2.24, 2.45) is 4.99 Å². The maximum absolute atomic E-state index is 13.8. The van der Waals surface area contributed by atoms with Gasteiger partial charge < -0.3 is 5.32 Å². The number of halogens is 5. The molecular formula is C24H16ClF4N5O. The van der Waals surface area contributed by atoms with Crippen LogP contribution in [0.4, 0.5) is 29.1 Å². The highest BCUT2D eigenvalue weighted by atomic mass is 35.5. The van der Waals surface area contributed by atoms with Crippen LogP contribution in [0.5, 0.6) is 0 Å². The molecule has 6 nitrogen and oxygen atoms in total. The van der Waals surface area contributed by atoms with Gasteiger partial charge in [-0.3, -0.25) is 15.2 Å². The molecule has 3 N–H and O–H groups in total. The summed E-state index contributed by atoms with van der Waals surface area (Å²) in [6, 6.07) is 18.1. The number of guanidine groups is 1. The van der Waals surface area contributed by atoms with Gasteiger partial charge in [-0.15, -0.1) is 0 Å². The Kier molecular flexibility index (Phi) is 6.83. The number of amides is 1. The van der Waals surface area contributed by atoms with Gasteiger partial charge in [0.05, 0.1) is 11.3 Å². The average Bonchev–Trinajstić information content (AvgIpc) is 3.27. The number of benzene rings is 3. The van der Waals surface area contributed by atoms with Crippen LogP contribution in [0.2, 0.25) is 5.02 Å². The third-order valence-electron chi connectivity index (χ3n) is 4.68. The monoisotopic (exact) mass is 501 g/mol. The van der Waals surface area contributed by atoms with E-state index in [-0.39, 0.29) is 33.7 Å². The summed E-state index contributed by atoms with van der Waals surface area (Å²) in [6.45, 7) is 0. The van der Waals surface area contributed by atoms with E-state index < -0.39 is 23.5 Å². The lowest BCUT2D eigenvalue weighted by Crippen LogP contribution is -2.35. The average molecular weight is 502 g/mol. The SMILES string of the molecule is O=C(NC(=Nc1cc(-c2cccc(C(F)(F)F)c2)[nH]n1)Nc1cc(F)cc(Cl)c1)c1ccccc1. The van der Waals surface area contributed by atoms with E-state index in [0.717, 1.165) is 24.3 Å². The van der Waals surface area contributed by atoms with Gasteiger partial charge in [-0.05, 0) is 42.5 Å². The molecule has 35 heavy (non-hydrogen) atoms. The Labute approximate surface area is 201 Å². The Morgan fingerprint density at radius 2 is 1.74 bits per heavy atom. The number of hydrogen-bond acceptors (Lipinski definition) is 3. The highest BCUT2D eigenvalue weighted by molar-refractivity contribution is 6.31. The predicted molar refractivity (Wildman–Crippen MR) is 125 cm³/mol. The number of hydrogen-bond donors (Lipinski definition) is 3. The lowest BCUT2D eigenvalue weighted by Gasteiger charge is -2.11. The largest absolute Gasteiger partial charge is 0.416 e. The second-order valence-corrected chi connectivity index (χ2v) is 7.72. The van der Waals surface area contributed by atoms with Gasteiger partial charge in [0, 0.05) is 27.9 Å². The second kappa shape index (κ2) is 9.98. The Morgan fingerprint density at radius 3 is 2.46 bits per heavy atom. The van der Waals surface area contributed by atoms with Gasteiger partial charge in [-0.1, -0.05) is 41.9 Å². The molecule has 4 aromatic rings. The van der Waals surface area contributed by atoms with E-state index in [9.17, 15) is 22.4 Å². The van der Waals surface area contributed by atoms with E-state index in [1.54, 1.807) is 30.3 Å². The van der Waals surface area contributed by atoms with E-state index in [1.165, 1.54) is 24.3 Å². The molecule has 0 spiro atoms. The van der Waals surface area contributed by atoms with Crippen molar-refractivity contribution in [1.82, 2.24) is 15.5 Å². The zero-order valence-corrected chi connectivity index (χ0v) is 18.5. The number of aromatic nitrogens is 2. The fourth-order valence-corrected chi connectivity index (χ4v) is 3.33. The molecule has 0 atom stereocenters. The molecule has 0 unspecified atom stereocenters. The number of aliphatic imine (C=N–C) groups is 1. The number of H-pyrrole nitrogens is 1. The number of nitrogens with zero attached hydrogens (tertiary/aromatic N) is 2. The highest BCUT2D eigenvalue weighted by Gasteiger charge is 2.30. The Balaban J connectivity index is 1.65. The van der Waals surface area contributed by atoms with Crippen molar-refractivity contribution in [1.29, 1.82) is 0 Å². The van der Waals surface area contributed by atoms with E-state index in [2.05, 4.69) is 25.8 Å². The molecule has 11 heteroatoms. The minimum Gasteiger partial charge on any atom is -0.325 e. The zero-order valence-electron chi connectivity index (χ0n) is 17.7. The van der Waals surface area contributed by atoms with Crippen LogP contribution >= 0.6 is 11.6 Å². The number of rotatable bonds is 4. The Morgan fingerprint density at radius 1 is 0.971 bits per heavy atom. The quantitative estimate of drug-likeness (QED) is 0.171. The van der Waals surface area contributed by atoms with E-state index in [0.29, 0.717) is 5.56 Å². The van der Waals surface area contributed by atoms with Crippen LogP contribution in [-0.2, 0) is 6.18 Å². The summed E-state index contributed by atoms with van der Waals surface area (Å²) in [4.78, 5) is 16.9. The molecule has 1 heterocycles. The predicted octanol–water partition coefficient (Wildman–Crippen LogP) is 6.42. The normalized spacial score (nSPS) is 11.9. The van der Waals surface area contributed by atoms with Crippen molar-refractivity contribution in [2.45, 2.75) is 6.18 Å². The zero-order chi connectivity index (χ0) is 25.0. The van der Waals surface area contributed by atoms with Crippen LogP contribution in [0.15, 0.2) is 83.9 Å². The van der Waals surface area contributed by atoms with Crippen molar-refractivity contribution in [3.05, 3.63) is 101 Å². The number of carbonyl (C=O) groups is 1. The van der Waals surface area contributed by atoms with Crippen molar-refractivity contribution in [2.75, 3.05) is 5.32 Å². The molecule has 0 saturated heterocycles. The maximum Gasteiger partial charge on any atom is 0.416 e. The first kappa shape index (κ1) is 24.0. The summed E-state index contributed by atoms with van der Waals surface area (Å²) in [5.74, 6) is -1.17. The summed E-state index contributed by atoms with van der Waals surface area (Å²) < 4.78 is 53.0. The fourth-order valence-electron chi connectivity index (χ4n) is 3.11. The van der Waals surface area contributed by atoms with Crippen molar-refractivity contribution >= 4 is 35.0 Å². The van der Waals surface area contributed by atoms with Gasteiger partial charge in [0.2, 0.25) is 5.96 Å². The number of carbonyl (C=O) groups excluding carboxylic acids is 1. The van der Waals surface area contributed by atoms with Gasteiger partial charge in [-0.25, -0.2) is 4.39 Å². The first-order valence-corrected chi connectivity index (χ1v) is 10.5. The van der Waals surface area contributed by atoms with Crippen molar-refractivity contribution in [3.8, 4) is 11.3 Å². The third-order valence-corrected chi connectivity index (χ3v) is 4.90.